The van der Waals surface area contributed by atoms with Gasteiger partial charge in [-0.1, -0.05) is 143 Å². The molecular weight excluding hydrogens is 893 g/mol. The number of aromatic amines is 1. The number of carbonyl (C=O) groups is 4. The van der Waals surface area contributed by atoms with E-state index in [2.05, 4.69) is 116 Å². The van der Waals surface area contributed by atoms with Crippen molar-refractivity contribution in [2.45, 2.75) is 71.9 Å². The topological polar surface area (TPSA) is 184 Å². The number of aliphatic imine (C=N–C) groups is 1. The standard InChI is InChI=1S/C40H40N8O4.C6H6.C3H8.2C2H6O.C2H6.C2H4/c41-39(35-11-6-20-47(35)37(51)24-42-26-49)44-19-5-4-10-30-17-18-32(22-33(30)31-15-13-29(14-16-31)28-8-2-1-3-9-28)34-23-45-40(46-34)36-12-7-21-48(36)38(52)25-43-27-50;1-2-4-6-5-3-1;3*1-3-2;2*1-2/h1-3,5,8-9,13-19,22-23,26-27,35-36H,6-7,11-12,20-21,24-25H2,(H2,41,44)(H,42,49)(H,43,50)(H,45,46);1-6H;3H2,1-2H3;2*1-2H3;1-2H3;1-2H2/b19-5+;;;;;;/t35?,36-;;;;;;/m0....../s1. The Balaban J connectivity index is 0.00000114. The van der Waals surface area contributed by atoms with Gasteiger partial charge in [-0.05, 0) is 60.1 Å². The van der Waals surface area contributed by atoms with Crippen LogP contribution in [0.4, 0.5) is 0 Å². The normalized spacial score (nSPS) is 14.1. The highest BCUT2D eigenvalue weighted by Gasteiger charge is 2.32. The van der Waals surface area contributed by atoms with Crippen LogP contribution in [0.5, 0.6) is 0 Å². The minimum Gasteiger partial charge on any atom is -0.388 e. The van der Waals surface area contributed by atoms with Crippen molar-refractivity contribution in [3.05, 3.63) is 152 Å². The fourth-order valence-electron chi connectivity index (χ4n) is 7.12. The summed E-state index contributed by atoms with van der Waals surface area (Å²) in [6.07, 6.45) is 10.4. The Morgan fingerprint density at radius 3 is 1.80 bits per heavy atom. The van der Waals surface area contributed by atoms with E-state index in [0.717, 1.165) is 58.3 Å². The van der Waals surface area contributed by atoms with Gasteiger partial charge in [0.05, 0.1) is 37.1 Å². The lowest BCUT2D eigenvalue weighted by atomic mass is 9.95. The molecule has 2 aliphatic rings. The number of imidazole rings is 1. The molecule has 5 aromatic rings. The number of methoxy groups -OCH3 is 2. The molecule has 0 bridgehead atoms. The van der Waals surface area contributed by atoms with Gasteiger partial charge in [-0.15, -0.1) is 13.2 Å². The first kappa shape index (κ1) is 61.4. The van der Waals surface area contributed by atoms with Gasteiger partial charge < -0.3 is 40.6 Å². The van der Waals surface area contributed by atoms with Gasteiger partial charge in [0, 0.05) is 64.9 Å². The van der Waals surface area contributed by atoms with Gasteiger partial charge in [0.25, 0.3) is 0 Å². The summed E-state index contributed by atoms with van der Waals surface area (Å²) < 4.78 is 8.50. The number of nitrogens with two attached hydrogens (primary N) is 1. The van der Waals surface area contributed by atoms with Crippen LogP contribution in [0, 0.1) is 11.8 Å². The summed E-state index contributed by atoms with van der Waals surface area (Å²) in [5.41, 5.74) is 12.9. The number of nitrogens with zero attached hydrogens (tertiary/aromatic N) is 4. The molecule has 14 nitrogen and oxygen atoms in total. The van der Waals surface area contributed by atoms with E-state index in [1.165, 1.54) is 12.6 Å². The monoisotopic (exact) mass is 969 g/mol. The Labute approximate surface area is 422 Å². The molecule has 2 fully saturated rings. The first-order chi connectivity index (χ1) is 34.7. The number of hydrogen-bond acceptors (Lipinski definition) is 8. The number of allylic oxidation sites excluding steroid dienone is 1. The highest BCUT2D eigenvalue weighted by Crippen LogP contribution is 2.34. The van der Waals surface area contributed by atoms with Crippen LogP contribution in [0.25, 0.3) is 33.5 Å². The van der Waals surface area contributed by atoms with Gasteiger partial charge in [-0.25, -0.2) is 9.98 Å². The molecule has 0 saturated carbocycles. The van der Waals surface area contributed by atoms with E-state index in [4.69, 9.17) is 5.73 Å². The zero-order valence-electron chi connectivity index (χ0n) is 43.0. The van der Waals surface area contributed by atoms with Crippen molar-refractivity contribution >= 4 is 30.5 Å². The van der Waals surface area contributed by atoms with E-state index in [1.54, 1.807) is 50.5 Å². The third kappa shape index (κ3) is 21.7. The molecule has 5 N–H and O–H groups in total. The van der Waals surface area contributed by atoms with E-state index >= 15 is 0 Å². The van der Waals surface area contributed by atoms with Crippen molar-refractivity contribution in [3.63, 3.8) is 0 Å². The second-order valence-electron chi connectivity index (χ2n) is 15.2. The molecule has 3 heterocycles. The number of hydrogen-bond donors (Lipinski definition) is 4. The van der Waals surface area contributed by atoms with Gasteiger partial charge in [0.2, 0.25) is 24.6 Å². The number of aromatic nitrogens is 2. The van der Waals surface area contributed by atoms with E-state index in [-0.39, 0.29) is 37.0 Å². The molecule has 4 amide bonds. The zero-order chi connectivity index (χ0) is 52.7. The smallest absolute Gasteiger partial charge is 0.242 e. The second kappa shape index (κ2) is 38.3. The van der Waals surface area contributed by atoms with Crippen LogP contribution in [0.1, 0.15) is 77.2 Å². The second-order valence-corrected chi connectivity index (χ2v) is 15.2. The number of ether oxygens (including phenoxy) is 2. The summed E-state index contributed by atoms with van der Waals surface area (Å²) in [5, 5.41) is 4.87. The van der Waals surface area contributed by atoms with Crippen molar-refractivity contribution in [3.8, 4) is 45.4 Å². The van der Waals surface area contributed by atoms with Crippen LogP contribution in [-0.2, 0) is 28.7 Å². The number of likely N-dealkylation sites (tertiary alicyclic amines) is 2. The maximum absolute atomic E-state index is 12.7. The van der Waals surface area contributed by atoms with Crippen LogP contribution in [0.2, 0.25) is 0 Å². The summed E-state index contributed by atoms with van der Waals surface area (Å²) in [5.74, 6) is 7.03. The highest BCUT2D eigenvalue weighted by molar-refractivity contribution is 5.92. The number of amidine groups is 1. The van der Waals surface area contributed by atoms with Crippen molar-refractivity contribution in [1.29, 1.82) is 0 Å². The maximum Gasteiger partial charge on any atom is 0.242 e. The van der Waals surface area contributed by atoms with Gasteiger partial charge in [0.1, 0.15) is 11.7 Å². The number of nitrogens with one attached hydrogen (secondary N) is 3. The van der Waals surface area contributed by atoms with Crippen LogP contribution in [0.3, 0.4) is 0 Å². The largest absolute Gasteiger partial charge is 0.388 e. The molecule has 380 valence electrons. The fraction of sp³-hybridized carbons (Fsp3) is 0.333. The summed E-state index contributed by atoms with van der Waals surface area (Å²) in [4.78, 5) is 62.4. The van der Waals surface area contributed by atoms with E-state index in [9.17, 15) is 19.2 Å². The third-order valence-electron chi connectivity index (χ3n) is 9.96. The van der Waals surface area contributed by atoms with Crippen molar-refractivity contribution in [1.82, 2.24) is 30.4 Å². The Hall–Kier alpha value is -7.60. The number of carbonyl (C=O) groups excluding carboxylic acids is 4. The summed E-state index contributed by atoms with van der Waals surface area (Å²) in [6, 6.07) is 36.1. The third-order valence-corrected chi connectivity index (χ3v) is 9.96. The van der Waals surface area contributed by atoms with Gasteiger partial charge in [-0.3, -0.25) is 19.2 Å². The molecule has 0 aliphatic carbocycles. The van der Waals surface area contributed by atoms with Crippen LogP contribution in [0.15, 0.2) is 146 Å². The quantitative estimate of drug-likeness (QED) is 0.0314. The molecule has 1 unspecified atom stereocenters. The fourth-order valence-corrected chi connectivity index (χ4v) is 7.12. The van der Waals surface area contributed by atoms with Crippen LogP contribution in [-0.4, -0.2) is 111 Å². The Bertz CT molecular complexity index is 2330. The van der Waals surface area contributed by atoms with Crippen molar-refractivity contribution in [2.75, 3.05) is 54.6 Å². The van der Waals surface area contributed by atoms with E-state index in [0.29, 0.717) is 44.0 Å². The summed E-state index contributed by atoms with van der Waals surface area (Å²) >= 11 is 0. The summed E-state index contributed by atoms with van der Waals surface area (Å²) in [7, 11) is 6.50. The van der Waals surface area contributed by atoms with Gasteiger partial charge in [-0.2, -0.15) is 0 Å². The molecule has 7 rings (SSSR count). The zero-order valence-corrected chi connectivity index (χ0v) is 43.0. The number of benzene rings is 4. The molecule has 1 aromatic heterocycles. The average molecular weight is 969 g/mol. The predicted octanol–water partition coefficient (Wildman–Crippen LogP) is 9.24. The number of amides is 4. The Kier molecular flexibility index (Phi) is 33.1. The van der Waals surface area contributed by atoms with Crippen molar-refractivity contribution < 1.29 is 28.7 Å². The van der Waals surface area contributed by atoms with Crippen LogP contribution >= 0.6 is 0 Å². The molecule has 71 heavy (non-hydrogen) atoms. The predicted molar refractivity (Wildman–Crippen MR) is 290 cm³/mol. The highest BCUT2D eigenvalue weighted by atomic mass is 16.5. The molecule has 4 aromatic carbocycles. The Morgan fingerprint density at radius 2 is 1.24 bits per heavy atom. The molecule has 0 spiro atoms. The van der Waals surface area contributed by atoms with E-state index < -0.39 is 0 Å². The lowest BCUT2D eigenvalue weighted by Gasteiger charge is -2.23. The average Bonchev–Trinajstić information content (AvgIpc) is 4.23. The van der Waals surface area contributed by atoms with Gasteiger partial charge in [0.15, 0.2) is 0 Å². The van der Waals surface area contributed by atoms with Crippen molar-refractivity contribution in [2.24, 2.45) is 10.7 Å². The first-order valence-corrected chi connectivity index (χ1v) is 23.8. The van der Waals surface area contributed by atoms with E-state index in [1.807, 2.05) is 80.6 Å². The maximum atomic E-state index is 12.7. The molecule has 14 heteroatoms. The molecule has 2 aliphatic heterocycles. The Morgan fingerprint density at radius 1 is 0.761 bits per heavy atom. The minimum absolute atomic E-state index is 0.0428. The lowest BCUT2D eigenvalue weighted by Crippen LogP contribution is -2.46. The SMILES string of the molecule is C=C.CC.CCC.COC.COC.NC(=N/C=C/C#Cc1ccc(-c2cnc([C@@H]3CCCN3C(=O)CNC=O)[nH]2)cc1-c1ccc(-c2ccccc2)cc1)C1CCCN1C(=O)CNC=O.c1ccccc1. The first-order valence-electron chi connectivity index (χ1n) is 23.8. The molecule has 2 atom stereocenters. The lowest BCUT2D eigenvalue weighted by molar-refractivity contribution is -0.132. The van der Waals surface area contributed by atoms with Crippen LogP contribution < -0.4 is 16.4 Å². The van der Waals surface area contributed by atoms with Gasteiger partial charge >= 0.3 is 0 Å². The number of rotatable bonds is 12. The molecule has 0 radical (unpaired) electrons. The molecular formula is C57H76N8O6. The molecule has 2 saturated heterocycles. The number of H-pyrrole nitrogens is 1. The minimum atomic E-state index is -0.323. The summed E-state index contributed by atoms with van der Waals surface area (Å²) in [6.45, 7) is 15.3.